The number of hydrogen-bond acceptors (Lipinski definition) is 3. The molecule has 3 nitrogen and oxygen atoms in total. The first kappa shape index (κ1) is 8.80. The topological polar surface area (TPSA) is 52.3 Å². The highest BCUT2D eigenvalue weighted by molar-refractivity contribution is 5.20. The summed E-state index contributed by atoms with van der Waals surface area (Å²) >= 11 is 0. The van der Waals surface area contributed by atoms with Crippen molar-refractivity contribution in [1.29, 1.82) is 0 Å². The molecule has 2 aromatic rings. The molecule has 0 unspecified atom stereocenters. The maximum atomic E-state index is 6.11. The number of hydrogen-bond donors (Lipinski definition) is 1. The van der Waals surface area contributed by atoms with Gasteiger partial charge in [-0.15, -0.1) is 0 Å². The highest BCUT2D eigenvalue weighted by Gasteiger charge is 2.45. The number of nitrogens with two attached hydrogens (primary N) is 1. The Balaban J connectivity index is 1.72. The molecular formula is C12H13NO2. The molecule has 1 aliphatic carbocycles. The van der Waals surface area contributed by atoms with Crippen molar-refractivity contribution in [3.8, 4) is 0 Å². The summed E-state index contributed by atoms with van der Waals surface area (Å²) in [5.41, 5.74) is 6.11. The van der Waals surface area contributed by atoms with Crippen molar-refractivity contribution in [1.82, 2.24) is 0 Å². The van der Waals surface area contributed by atoms with E-state index in [1.54, 1.807) is 12.5 Å². The van der Waals surface area contributed by atoms with Gasteiger partial charge in [0.2, 0.25) is 0 Å². The van der Waals surface area contributed by atoms with E-state index in [1.807, 2.05) is 24.3 Å². The lowest BCUT2D eigenvalue weighted by Crippen LogP contribution is -2.12. The van der Waals surface area contributed by atoms with E-state index in [9.17, 15) is 0 Å². The van der Waals surface area contributed by atoms with E-state index < -0.39 is 0 Å². The Hall–Kier alpha value is -1.48. The van der Waals surface area contributed by atoms with E-state index in [1.165, 1.54) is 0 Å². The summed E-state index contributed by atoms with van der Waals surface area (Å²) in [5, 5.41) is 0. The van der Waals surface area contributed by atoms with Gasteiger partial charge < -0.3 is 14.6 Å². The fraction of sp³-hybridized carbons (Fsp3) is 0.333. The first-order valence-electron chi connectivity index (χ1n) is 5.18. The Kier molecular flexibility index (Phi) is 1.92. The first-order chi connectivity index (χ1) is 7.36. The molecule has 0 amide bonds. The molecule has 1 saturated carbocycles. The lowest BCUT2D eigenvalue weighted by atomic mass is 10.1. The van der Waals surface area contributed by atoms with Gasteiger partial charge in [-0.1, -0.05) is 0 Å². The van der Waals surface area contributed by atoms with Crippen molar-refractivity contribution in [2.24, 2.45) is 11.7 Å². The SMILES string of the molecule is N[C@H](c1ccco1)[C@H]1C[C@@H]1c1ccco1. The third-order valence-corrected chi connectivity index (χ3v) is 3.08. The summed E-state index contributed by atoms with van der Waals surface area (Å²) in [6.45, 7) is 0. The van der Waals surface area contributed by atoms with Crippen molar-refractivity contribution in [3.63, 3.8) is 0 Å². The predicted octanol–water partition coefficient (Wildman–Crippen LogP) is 2.68. The normalized spacial score (nSPS) is 26.5. The van der Waals surface area contributed by atoms with E-state index in [2.05, 4.69) is 0 Å². The van der Waals surface area contributed by atoms with Crippen LogP contribution in [0.1, 0.15) is 29.9 Å². The van der Waals surface area contributed by atoms with Crippen LogP contribution in [0.15, 0.2) is 45.6 Å². The highest BCUT2D eigenvalue weighted by atomic mass is 16.3. The summed E-state index contributed by atoms with van der Waals surface area (Å²) in [6, 6.07) is 7.74. The second-order valence-corrected chi connectivity index (χ2v) is 4.06. The molecule has 0 bridgehead atoms. The summed E-state index contributed by atoms with van der Waals surface area (Å²) in [7, 11) is 0. The molecule has 0 aliphatic heterocycles. The molecular weight excluding hydrogens is 190 g/mol. The van der Waals surface area contributed by atoms with Crippen molar-refractivity contribution in [2.45, 2.75) is 18.4 Å². The van der Waals surface area contributed by atoms with Gasteiger partial charge in [-0.05, 0) is 36.6 Å². The van der Waals surface area contributed by atoms with Gasteiger partial charge >= 0.3 is 0 Å². The third-order valence-electron chi connectivity index (χ3n) is 3.08. The summed E-state index contributed by atoms with van der Waals surface area (Å²) in [6.07, 6.45) is 4.47. The molecule has 78 valence electrons. The van der Waals surface area contributed by atoms with Gasteiger partial charge in [0.05, 0.1) is 18.6 Å². The smallest absolute Gasteiger partial charge is 0.120 e. The standard InChI is InChI=1S/C12H13NO2/c13-12(11-4-2-6-15-11)9-7-8(9)10-3-1-5-14-10/h1-6,8-9,12H,7,13H2/t8-,9-,12-/m0/s1. The Morgan fingerprint density at radius 2 is 2.00 bits per heavy atom. The molecule has 2 aromatic heterocycles. The van der Waals surface area contributed by atoms with Crippen LogP contribution >= 0.6 is 0 Å². The zero-order valence-corrected chi connectivity index (χ0v) is 8.30. The summed E-state index contributed by atoms with van der Waals surface area (Å²) in [4.78, 5) is 0. The van der Waals surface area contributed by atoms with Gasteiger partial charge in [-0.2, -0.15) is 0 Å². The fourth-order valence-electron chi connectivity index (χ4n) is 2.13. The van der Waals surface area contributed by atoms with E-state index in [0.717, 1.165) is 17.9 Å². The summed E-state index contributed by atoms with van der Waals surface area (Å²) in [5.74, 6) is 2.85. The Bertz CT molecular complexity index is 418. The second kappa shape index (κ2) is 3.28. The zero-order valence-electron chi connectivity index (χ0n) is 8.30. The van der Waals surface area contributed by atoms with Crippen LogP contribution in [0.3, 0.4) is 0 Å². The summed E-state index contributed by atoms with van der Waals surface area (Å²) < 4.78 is 10.7. The molecule has 1 aliphatic rings. The van der Waals surface area contributed by atoms with Crippen LogP contribution in [-0.2, 0) is 0 Å². The monoisotopic (exact) mass is 203 g/mol. The maximum absolute atomic E-state index is 6.11. The van der Waals surface area contributed by atoms with Crippen LogP contribution < -0.4 is 5.73 Å². The van der Waals surface area contributed by atoms with Gasteiger partial charge in [0.25, 0.3) is 0 Å². The minimum Gasteiger partial charge on any atom is -0.469 e. The largest absolute Gasteiger partial charge is 0.469 e. The van der Waals surface area contributed by atoms with Crippen LogP contribution in [-0.4, -0.2) is 0 Å². The van der Waals surface area contributed by atoms with Crippen LogP contribution in [0.4, 0.5) is 0 Å². The average molecular weight is 203 g/mol. The maximum Gasteiger partial charge on any atom is 0.120 e. The van der Waals surface area contributed by atoms with Crippen molar-refractivity contribution < 1.29 is 8.83 Å². The lowest BCUT2D eigenvalue weighted by molar-refractivity contribution is 0.428. The van der Waals surface area contributed by atoms with Crippen LogP contribution in [0.5, 0.6) is 0 Å². The number of rotatable bonds is 3. The van der Waals surface area contributed by atoms with Gasteiger partial charge in [0.1, 0.15) is 11.5 Å². The minimum atomic E-state index is -0.00454. The quantitative estimate of drug-likeness (QED) is 0.834. The van der Waals surface area contributed by atoms with Gasteiger partial charge in [-0.3, -0.25) is 0 Å². The molecule has 3 rings (SSSR count). The third kappa shape index (κ3) is 1.49. The van der Waals surface area contributed by atoms with Crippen molar-refractivity contribution in [3.05, 3.63) is 48.3 Å². The number of furan rings is 2. The van der Waals surface area contributed by atoms with Gasteiger partial charge in [-0.25, -0.2) is 0 Å². The molecule has 1 fully saturated rings. The van der Waals surface area contributed by atoms with E-state index in [4.69, 9.17) is 14.6 Å². The molecule has 3 atom stereocenters. The Morgan fingerprint density at radius 3 is 2.67 bits per heavy atom. The predicted molar refractivity (Wildman–Crippen MR) is 55.2 cm³/mol. The lowest BCUT2D eigenvalue weighted by Gasteiger charge is -2.06. The van der Waals surface area contributed by atoms with Gasteiger partial charge in [0.15, 0.2) is 0 Å². The van der Waals surface area contributed by atoms with Crippen LogP contribution in [0, 0.1) is 5.92 Å². The molecule has 0 spiro atoms. The van der Waals surface area contributed by atoms with E-state index in [0.29, 0.717) is 11.8 Å². The van der Waals surface area contributed by atoms with Crippen molar-refractivity contribution >= 4 is 0 Å². The highest BCUT2D eigenvalue weighted by Crippen LogP contribution is 2.53. The molecule has 0 radical (unpaired) electrons. The fourth-order valence-corrected chi connectivity index (χ4v) is 2.13. The molecule has 2 N–H and O–H groups in total. The first-order valence-corrected chi connectivity index (χ1v) is 5.18. The minimum absolute atomic E-state index is 0.00454. The molecule has 15 heavy (non-hydrogen) atoms. The average Bonchev–Trinajstić information content (AvgIpc) is 2.78. The van der Waals surface area contributed by atoms with E-state index in [-0.39, 0.29) is 6.04 Å². The zero-order chi connectivity index (χ0) is 10.3. The van der Waals surface area contributed by atoms with Crippen molar-refractivity contribution in [2.75, 3.05) is 0 Å². The van der Waals surface area contributed by atoms with Crippen LogP contribution in [0.2, 0.25) is 0 Å². The molecule has 3 heteroatoms. The molecule has 2 heterocycles. The Labute approximate surface area is 87.9 Å². The van der Waals surface area contributed by atoms with E-state index >= 15 is 0 Å². The van der Waals surface area contributed by atoms with Crippen LogP contribution in [0.25, 0.3) is 0 Å². The molecule has 0 saturated heterocycles. The molecule has 0 aromatic carbocycles. The second-order valence-electron chi connectivity index (χ2n) is 4.06. The van der Waals surface area contributed by atoms with Gasteiger partial charge in [0, 0.05) is 5.92 Å². The Morgan fingerprint density at radius 1 is 1.20 bits per heavy atom.